The first-order valence-electron chi connectivity index (χ1n) is 8.91. The van der Waals surface area contributed by atoms with Crippen LogP contribution in [0.25, 0.3) is 0 Å². The van der Waals surface area contributed by atoms with Crippen LogP contribution in [0.15, 0.2) is 53.4 Å². The predicted molar refractivity (Wildman–Crippen MR) is 103 cm³/mol. The van der Waals surface area contributed by atoms with Crippen LogP contribution in [0, 0.1) is 13.8 Å². The zero-order valence-corrected chi connectivity index (χ0v) is 16.4. The van der Waals surface area contributed by atoms with Gasteiger partial charge >= 0.3 is 0 Å². The van der Waals surface area contributed by atoms with E-state index in [9.17, 15) is 13.2 Å². The minimum absolute atomic E-state index is 0.0480. The highest BCUT2D eigenvalue weighted by Crippen LogP contribution is 2.21. The molecule has 1 aliphatic heterocycles. The lowest BCUT2D eigenvalue weighted by Crippen LogP contribution is -2.51. The Morgan fingerprint density at radius 2 is 1.59 bits per heavy atom. The highest BCUT2D eigenvalue weighted by atomic mass is 32.2. The number of piperazine rings is 1. The van der Waals surface area contributed by atoms with Gasteiger partial charge in [-0.15, -0.1) is 0 Å². The largest absolute Gasteiger partial charge is 0.484 e. The fourth-order valence-electron chi connectivity index (χ4n) is 3.03. The molecule has 3 rings (SSSR count). The Labute approximate surface area is 160 Å². The molecule has 0 spiro atoms. The van der Waals surface area contributed by atoms with Crippen molar-refractivity contribution in [2.45, 2.75) is 18.7 Å². The van der Waals surface area contributed by atoms with E-state index in [2.05, 4.69) is 0 Å². The summed E-state index contributed by atoms with van der Waals surface area (Å²) in [5.74, 6) is 0.512. The maximum Gasteiger partial charge on any atom is 0.260 e. The minimum atomic E-state index is -3.54. The number of sulfonamides is 1. The minimum Gasteiger partial charge on any atom is -0.484 e. The van der Waals surface area contributed by atoms with Crippen LogP contribution in [0.3, 0.4) is 0 Å². The molecule has 1 amide bonds. The zero-order valence-electron chi connectivity index (χ0n) is 15.6. The third kappa shape index (κ3) is 4.48. The summed E-state index contributed by atoms with van der Waals surface area (Å²) >= 11 is 0. The van der Waals surface area contributed by atoms with E-state index < -0.39 is 10.0 Å². The summed E-state index contributed by atoms with van der Waals surface area (Å²) in [4.78, 5) is 14.3. The van der Waals surface area contributed by atoms with Crippen LogP contribution in [0.2, 0.25) is 0 Å². The van der Waals surface area contributed by atoms with Gasteiger partial charge in [0, 0.05) is 26.2 Å². The van der Waals surface area contributed by atoms with E-state index in [4.69, 9.17) is 4.74 Å². The van der Waals surface area contributed by atoms with Gasteiger partial charge in [0.25, 0.3) is 5.91 Å². The van der Waals surface area contributed by atoms with Crippen molar-refractivity contribution in [3.8, 4) is 5.75 Å². The van der Waals surface area contributed by atoms with Gasteiger partial charge in [0.15, 0.2) is 6.61 Å². The van der Waals surface area contributed by atoms with E-state index in [1.165, 1.54) is 4.31 Å². The Hall–Kier alpha value is -2.38. The number of hydrogen-bond acceptors (Lipinski definition) is 4. The topological polar surface area (TPSA) is 66.9 Å². The lowest BCUT2D eigenvalue weighted by atomic mass is 10.2. The number of rotatable bonds is 5. The average molecular weight is 388 g/mol. The maximum atomic E-state index is 12.8. The Balaban J connectivity index is 1.56. The smallest absolute Gasteiger partial charge is 0.260 e. The monoisotopic (exact) mass is 388 g/mol. The standard InChI is InChI=1S/C20H24N2O4S/c1-16-7-9-18(10-8-16)26-15-20(23)21-11-13-22(14-12-21)27(24,25)19-6-4-3-5-17(19)2/h3-10H,11-15H2,1-2H3. The molecule has 0 unspecified atom stereocenters. The van der Waals surface area contributed by atoms with E-state index in [-0.39, 0.29) is 25.6 Å². The second kappa shape index (κ2) is 8.10. The van der Waals surface area contributed by atoms with Gasteiger partial charge in [0.05, 0.1) is 4.90 Å². The molecule has 0 aromatic heterocycles. The van der Waals surface area contributed by atoms with Gasteiger partial charge in [-0.1, -0.05) is 35.9 Å². The van der Waals surface area contributed by atoms with Gasteiger partial charge in [-0.25, -0.2) is 8.42 Å². The normalized spacial score (nSPS) is 15.6. The molecule has 27 heavy (non-hydrogen) atoms. The molecule has 7 heteroatoms. The second-order valence-corrected chi connectivity index (χ2v) is 8.56. The summed E-state index contributed by atoms with van der Waals surface area (Å²) in [6.45, 7) is 5.02. The van der Waals surface area contributed by atoms with Gasteiger partial charge in [-0.3, -0.25) is 4.79 Å². The van der Waals surface area contributed by atoms with Crippen molar-refractivity contribution in [3.05, 3.63) is 59.7 Å². The summed E-state index contributed by atoms with van der Waals surface area (Å²) in [7, 11) is -3.54. The summed E-state index contributed by atoms with van der Waals surface area (Å²) < 4.78 is 32.6. The van der Waals surface area contributed by atoms with E-state index in [1.54, 1.807) is 30.0 Å². The van der Waals surface area contributed by atoms with Crippen LogP contribution in [-0.2, 0) is 14.8 Å². The summed E-state index contributed by atoms with van der Waals surface area (Å²) in [6.07, 6.45) is 0. The van der Waals surface area contributed by atoms with Gasteiger partial charge < -0.3 is 9.64 Å². The number of carbonyl (C=O) groups is 1. The zero-order chi connectivity index (χ0) is 19.4. The van der Waals surface area contributed by atoms with Crippen molar-refractivity contribution >= 4 is 15.9 Å². The molecule has 1 saturated heterocycles. The Bertz CT molecular complexity index is 902. The van der Waals surface area contributed by atoms with Crippen LogP contribution in [0.1, 0.15) is 11.1 Å². The third-order valence-electron chi connectivity index (χ3n) is 4.69. The van der Waals surface area contributed by atoms with Crippen LogP contribution >= 0.6 is 0 Å². The van der Waals surface area contributed by atoms with Crippen molar-refractivity contribution in [2.75, 3.05) is 32.8 Å². The van der Waals surface area contributed by atoms with Crippen molar-refractivity contribution in [2.24, 2.45) is 0 Å². The molecule has 0 N–H and O–H groups in total. The Morgan fingerprint density at radius 3 is 2.22 bits per heavy atom. The van der Waals surface area contributed by atoms with Crippen LogP contribution < -0.4 is 4.74 Å². The average Bonchev–Trinajstić information content (AvgIpc) is 2.67. The highest BCUT2D eigenvalue weighted by Gasteiger charge is 2.30. The quantitative estimate of drug-likeness (QED) is 0.788. The van der Waals surface area contributed by atoms with Gasteiger partial charge in [0.2, 0.25) is 10.0 Å². The summed E-state index contributed by atoms with van der Waals surface area (Å²) in [5, 5.41) is 0. The van der Waals surface area contributed by atoms with Gasteiger partial charge in [-0.2, -0.15) is 4.31 Å². The molecule has 1 aliphatic rings. The number of amides is 1. The molecular formula is C20H24N2O4S. The SMILES string of the molecule is Cc1ccc(OCC(=O)N2CCN(S(=O)(=O)c3ccccc3C)CC2)cc1. The molecule has 1 heterocycles. The number of aryl methyl sites for hydroxylation is 2. The van der Waals surface area contributed by atoms with Gasteiger partial charge in [0.1, 0.15) is 5.75 Å². The van der Waals surface area contributed by atoms with E-state index in [0.29, 0.717) is 23.7 Å². The molecule has 0 bridgehead atoms. The lowest BCUT2D eigenvalue weighted by molar-refractivity contribution is -0.134. The molecule has 0 atom stereocenters. The third-order valence-corrected chi connectivity index (χ3v) is 6.74. The number of benzene rings is 2. The van der Waals surface area contributed by atoms with Crippen molar-refractivity contribution in [1.82, 2.24) is 9.21 Å². The van der Waals surface area contributed by atoms with Crippen LogP contribution in [0.5, 0.6) is 5.75 Å². The predicted octanol–water partition coefficient (Wildman–Crippen LogP) is 2.22. The van der Waals surface area contributed by atoms with E-state index in [1.807, 2.05) is 37.3 Å². The molecule has 1 fully saturated rings. The summed E-state index contributed by atoms with van der Waals surface area (Å²) in [5.41, 5.74) is 1.85. The van der Waals surface area contributed by atoms with Gasteiger partial charge in [-0.05, 0) is 37.6 Å². The van der Waals surface area contributed by atoms with E-state index >= 15 is 0 Å². The van der Waals surface area contributed by atoms with Crippen molar-refractivity contribution in [3.63, 3.8) is 0 Å². The molecule has 2 aromatic rings. The molecule has 0 radical (unpaired) electrons. The first kappa shape index (κ1) is 19.4. The number of nitrogens with zero attached hydrogens (tertiary/aromatic N) is 2. The van der Waals surface area contributed by atoms with Crippen LogP contribution in [0.4, 0.5) is 0 Å². The molecule has 2 aromatic carbocycles. The fraction of sp³-hybridized carbons (Fsp3) is 0.350. The molecule has 0 aliphatic carbocycles. The second-order valence-electron chi connectivity index (χ2n) is 6.65. The van der Waals surface area contributed by atoms with Crippen molar-refractivity contribution < 1.29 is 17.9 Å². The first-order valence-corrected chi connectivity index (χ1v) is 10.3. The summed E-state index contributed by atoms with van der Waals surface area (Å²) in [6, 6.07) is 14.5. The number of hydrogen-bond donors (Lipinski definition) is 0. The lowest BCUT2D eigenvalue weighted by Gasteiger charge is -2.34. The number of carbonyl (C=O) groups excluding carboxylic acids is 1. The Morgan fingerprint density at radius 1 is 0.963 bits per heavy atom. The van der Waals surface area contributed by atoms with Crippen molar-refractivity contribution in [1.29, 1.82) is 0 Å². The number of ether oxygens (including phenoxy) is 1. The highest BCUT2D eigenvalue weighted by molar-refractivity contribution is 7.89. The molecule has 6 nitrogen and oxygen atoms in total. The van der Waals surface area contributed by atoms with E-state index in [0.717, 1.165) is 11.1 Å². The van der Waals surface area contributed by atoms with Crippen LogP contribution in [-0.4, -0.2) is 56.3 Å². The fourth-order valence-corrected chi connectivity index (χ4v) is 4.68. The maximum absolute atomic E-state index is 12.8. The molecular weight excluding hydrogens is 364 g/mol. The molecule has 144 valence electrons. The Kier molecular flexibility index (Phi) is 5.82. The first-order chi connectivity index (χ1) is 12.9. The molecule has 0 saturated carbocycles.